The number of rotatable bonds is 8. The van der Waals surface area contributed by atoms with Crippen LogP contribution in [0.15, 0.2) is 24.3 Å². The summed E-state index contributed by atoms with van der Waals surface area (Å²) in [5, 5.41) is 2.87. The van der Waals surface area contributed by atoms with E-state index in [1.54, 1.807) is 7.11 Å². The molecule has 0 aliphatic carbocycles. The molecule has 0 spiro atoms. The van der Waals surface area contributed by atoms with Crippen molar-refractivity contribution < 1.29 is 14.3 Å². The molecule has 0 heterocycles. The van der Waals surface area contributed by atoms with E-state index in [0.717, 1.165) is 17.7 Å². The first-order chi connectivity index (χ1) is 8.76. The highest BCUT2D eigenvalue weighted by Gasteiger charge is 2.01. The summed E-state index contributed by atoms with van der Waals surface area (Å²) in [6.45, 7) is 3.68. The van der Waals surface area contributed by atoms with Crippen molar-refractivity contribution >= 4 is 11.6 Å². The van der Waals surface area contributed by atoms with Gasteiger partial charge in [0.2, 0.25) is 5.91 Å². The molecule has 4 heteroatoms. The molecule has 0 aromatic heterocycles. The molecule has 0 aliphatic rings. The van der Waals surface area contributed by atoms with Crippen LogP contribution in [0.1, 0.15) is 25.3 Å². The van der Waals surface area contributed by atoms with Crippen molar-refractivity contribution in [3.63, 3.8) is 0 Å². The molecule has 0 radical (unpaired) electrons. The Morgan fingerprint density at radius 1 is 1.33 bits per heavy atom. The van der Waals surface area contributed by atoms with E-state index in [-0.39, 0.29) is 5.91 Å². The van der Waals surface area contributed by atoms with Crippen LogP contribution >= 0.6 is 0 Å². The number of methoxy groups -OCH3 is 1. The summed E-state index contributed by atoms with van der Waals surface area (Å²) in [5.74, 6) is 0.0509. The number of hydrogen-bond donors (Lipinski definition) is 1. The van der Waals surface area contributed by atoms with E-state index in [4.69, 9.17) is 9.47 Å². The number of carbonyl (C=O) groups is 1. The van der Waals surface area contributed by atoms with Crippen LogP contribution in [0.2, 0.25) is 0 Å². The fourth-order valence-corrected chi connectivity index (χ4v) is 1.52. The van der Waals surface area contributed by atoms with E-state index in [2.05, 4.69) is 5.32 Å². The van der Waals surface area contributed by atoms with Gasteiger partial charge in [0.15, 0.2) is 0 Å². The highest BCUT2D eigenvalue weighted by atomic mass is 16.5. The third-order valence-electron chi connectivity index (χ3n) is 2.39. The summed E-state index contributed by atoms with van der Waals surface area (Å²) in [7, 11) is 1.65. The molecule has 1 aromatic carbocycles. The Kier molecular flexibility index (Phi) is 7.06. The molecule has 4 nitrogen and oxygen atoms in total. The molecule has 0 aliphatic heterocycles. The Morgan fingerprint density at radius 2 is 2.17 bits per heavy atom. The van der Waals surface area contributed by atoms with Crippen LogP contribution in [0.3, 0.4) is 0 Å². The second-order valence-corrected chi connectivity index (χ2v) is 4.04. The lowest BCUT2D eigenvalue weighted by atomic mass is 10.2. The van der Waals surface area contributed by atoms with Crippen molar-refractivity contribution in [2.45, 2.75) is 26.4 Å². The molecule has 0 saturated carbocycles. The van der Waals surface area contributed by atoms with Crippen LogP contribution in [-0.2, 0) is 20.9 Å². The monoisotopic (exact) mass is 251 g/mol. The summed E-state index contributed by atoms with van der Waals surface area (Å²) in [4.78, 5) is 11.5. The molecule has 0 atom stereocenters. The van der Waals surface area contributed by atoms with Gasteiger partial charge in [0.25, 0.3) is 0 Å². The first-order valence-electron chi connectivity index (χ1n) is 6.21. The first-order valence-corrected chi connectivity index (χ1v) is 6.21. The van der Waals surface area contributed by atoms with Crippen molar-refractivity contribution in [2.24, 2.45) is 0 Å². The SMILES string of the molecule is CCCC(=O)Nc1cccc(COCCOC)c1. The molecule has 0 fully saturated rings. The Bertz CT molecular complexity index is 366. The van der Waals surface area contributed by atoms with Gasteiger partial charge < -0.3 is 14.8 Å². The lowest BCUT2D eigenvalue weighted by Crippen LogP contribution is -2.10. The van der Waals surface area contributed by atoms with Crippen molar-refractivity contribution in [1.82, 2.24) is 0 Å². The summed E-state index contributed by atoms with van der Waals surface area (Å²) < 4.78 is 10.3. The third-order valence-corrected chi connectivity index (χ3v) is 2.39. The largest absolute Gasteiger partial charge is 0.382 e. The Morgan fingerprint density at radius 3 is 2.89 bits per heavy atom. The number of hydrogen-bond acceptors (Lipinski definition) is 3. The average Bonchev–Trinajstić information content (AvgIpc) is 2.35. The maximum Gasteiger partial charge on any atom is 0.224 e. The van der Waals surface area contributed by atoms with Gasteiger partial charge in [-0.1, -0.05) is 19.1 Å². The number of carbonyl (C=O) groups excluding carboxylic acids is 1. The molecular weight excluding hydrogens is 230 g/mol. The highest BCUT2D eigenvalue weighted by molar-refractivity contribution is 5.90. The van der Waals surface area contributed by atoms with Crippen LogP contribution in [0.5, 0.6) is 0 Å². The molecule has 1 aromatic rings. The second-order valence-electron chi connectivity index (χ2n) is 4.04. The molecule has 1 amide bonds. The minimum absolute atomic E-state index is 0.0509. The van der Waals surface area contributed by atoms with Crippen molar-refractivity contribution in [3.05, 3.63) is 29.8 Å². The molecule has 0 saturated heterocycles. The van der Waals surface area contributed by atoms with E-state index in [1.807, 2.05) is 31.2 Å². The fraction of sp³-hybridized carbons (Fsp3) is 0.500. The molecule has 18 heavy (non-hydrogen) atoms. The Labute approximate surface area is 108 Å². The van der Waals surface area contributed by atoms with Gasteiger partial charge in [0, 0.05) is 19.2 Å². The topological polar surface area (TPSA) is 47.6 Å². The standard InChI is InChI=1S/C14H21NO3/c1-3-5-14(16)15-13-7-4-6-12(10-13)11-18-9-8-17-2/h4,6-7,10H,3,5,8-9,11H2,1-2H3,(H,15,16). The van der Waals surface area contributed by atoms with Gasteiger partial charge >= 0.3 is 0 Å². The van der Waals surface area contributed by atoms with E-state index < -0.39 is 0 Å². The van der Waals surface area contributed by atoms with Crippen LogP contribution in [0, 0.1) is 0 Å². The van der Waals surface area contributed by atoms with E-state index in [9.17, 15) is 4.79 Å². The fourth-order valence-electron chi connectivity index (χ4n) is 1.52. The van der Waals surface area contributed by atoms with Gasteiger partial charge in [-0.25, -0.2) is 0 Å². The lowest BCUT2D eigenvalue weighted by molar-refractivity contribution is -0.116. The zero-order chi connectivity index (χ0) is 13.2. The predicted molar refractivity (Wildman–Crippen MR) is 71.5 cm³/mol. The Balaban J connectivity index is 2.43. The zero-order valence-electron chi connectivity index (χ0n) is 11.1. The van der Waals surface area contributed by atoms with Gasteiger partial charge in [-0.3, -0.25) is 4.79 Å². The van der Waals surface area contributed by atoms with E-state index in [0.29, 0.717) is 26.2 Å². The van der Waals surface area contributed by atoms with Gasteiger partial charge in [-0.15, -0.1) is 0 Å². The summed E-state index contributed by atoms with van der Waals surface area (Å²) in [6, 6.07) is 7.70. The summed E-state index contributed by atoms with van der Waals surface area (Å²) in [6.07, 6.45) is 1.40. The van der Waals surface area contributed by atoms with Crippen LogP contribution in [-0.4, -0.2) is 26.2 Å². The number of benzene rings is 1. The number of nitrogens with one attached hydrogen (secondary N) is 1. The molecule has 1 rings (SSSR count). The summed E-state index contributed by atoms with van der Waals surface area (Å²) in [5.41, 5.74) is 1.86. The summed E-state index contributed by atoms with van der Waals surface area (Å²) >= 11 is 0. The maximum atomic E-state index is 11.5. The molecular formula is C14H21NO3. The number of ether oxygens (including phenoxy) is 2. The quantitative estimate of drug-likeness (QED) is 0.722. The van der Waals surface area contributed by atoms with E-state index >= 15 is 0 Å². The van der Waals surface area contributed by atoms with Gasteiger partial charge in [0.05, 0.1) is 19.8 Å². The first kappa shape index (κ1) is 14.7. The normalized spacial score (nSPS) is 10.3. The minimum Gasteiger partial charge on any atom is -0.382 e. The zero-order valence-corrected chi connectivity index (χ0v) is 11.1. The Hall–Kier alpha value is -1.39. The van der Waals surface area contributed by atoms with Gasteiger partial charge in [-0.05, 0) is 24.1 Å². The number of amides is 1. The second kappa shape index (κ2) is 8.66. The molecule has 0 bridgehead atoms. The van der Waals surface area contributed by atoms with Gasteiger partial charge in [-0.2, -0.15) is 0 Å². The van der Waals surface area contributed by atoms with Crippen molar-refractivity contribution in [3.8, 4) is 0 Å². The molecule has 1 N–H and O–H groups in total. The van der Waals surface area contributed by atoms with E-state index in [1.165, 1.54) is 0 Å². The average molecular weight is 251 g/mol. The smallest absolute Gasteiger partial charge is 0.224 e. The molecule has 100 valence electrons. The third kappa shape index (κ3) is 5.80. The number of anilines is 1. The minimum atomic E-state index is 0.0509. The predicted octanol–water partition coefficient (Wildman–Crippen LogP) is 2.59. The lowest BCUT2D eigenvalue weighted by Gasteiger charge is -2.07. The maximum absolute atomic E-state index is 11.5. The van der Waals surface area contributed by atoms with Gasteiger partial charge in [0.1, 0.15) is 0 Å². The van der Waals surface area contributed by atoms with Crippen molar-refractivity contribution in [2.75, 3.05) is 25.6 Å². The van der Waals surface area contributed by atoms with Crippen LogP contribution in [0.25, 0.3) is 0 Å². The molecule has 0 unspecified atom stereocenters. The van der Waals surface area contributed by atoms with Crippen LogP contribution < -0.4 is 5.32 Å². The van der Waals surface area contributed by atoms with Crippen LogP contribution in [0.4, 0.5) is 5.69 Å². The highest BCUT2D eigenvalue weighted by Crippen LogP contribution is 2.12. The van der Waals surface area contributed by atoms with Crippen molar-refractivity contribution in [1.29, 1.82) is 0 Å².